The predicted octanol–water partition coefficient (Wildman–Crippen LogP) is 3.17. The maximum absolute atomic E-state index is 5.83. The molecule has 1 aromatic carbocycles. The zero-order chi connectivity index (χ0) is 13.1. The zero-order valence-corrected chi connectivity index (χ0v) is 11.1. The second kappa shape index (κ2) is 5.08. The normalized spacial score (nSPS) is 12.2. The summed E-state index contributed by atoms with van der Waals surface area (Å²) in [7, 11) is 2.05. The fraction of sp³-hybridized carbons (Fsp3) is 0.267. The third kappa shape index (κ3) is 2.62. The minimum absolute atomic E-state index is 0.239. The Kier molecular flexibility index (Phi) is 3.51. The highest BCUT2D eigenvalue weighted by molar-refractivity contribution is 5.46. The molecule has 0 bridgehead atoms. The zero-order valence-electron chi connectivity index (χ0n) is 11.1. The predicted molar refractivity (Wildman–Crippen MR) is 76.6 cm³/mol. The Morgan fingerprint density at radius 2 is 2.00 bits per heavy atom. The number of nitrogens with two attached hydrogens (primary N) is 1. The Hall–Kier alpha value is -2.03. The van der Waals surface area contributed by atoms with Gasteiger partial charge in [-0.15, -0.1) is 0 Å². The minimum Gasteiger partial charge on any atom is -0.399 e. The van der Waals surface area contributed by atoms with Gasteiger partial charge in [-0.05, 0) is 49.2 Å². The molecule has 0 spiro atoms. The lowest BCUT2D eigenvalue weighted by Crippen LogP contribution is -2.22. The van der Waals surface area contributed by atoms with Gasteiger partial charge in [0.1, 0.15) is 5.82 Å². The maximum atomic E-state index is 5.83. The number of benzene rings is 1. The minimum atomic E-state index is 0.239. The topological polar surface area (TPSA) is 42.2 Å². The molecule has 0 aliphatic heterocycles. The van der Waals surface area contributed by atoms with Crippen LogP contribution in [0.25, 0.3) is 0 Å². The van der Waals surface area contributed by atoms with E-state index in [9.17, 15) is 0 Å². The van der Waals surface area contributed by atoms with Crippen molar-refractivity contribution in [1.29, 1.82) is 0 Å². The molecule has 0 aliphatic rings. The summed E-state index contributed by atoms with van der Waals surface area (Å²) in [4.78, 5) is 6.56. The van der Waals surface area contributed by atoms with E-state index in [0.717, 1.165) is 11.5 Å². The Labute approximate surface area is 108 Å². The summed E-state index contributed by atoms with van der Waals surface area (Å²) in [6, 6.07) is 12.3. The van der Waals surface area contributed by atoms with Crippen molar-refractivity contribution in [2.75, 3.05) is 17.7 Å². The fourth-order valence-electron chi connectivity index (χ4n) is 1.95. The average molecular weight is 241 g/mol. The maximum Gasteiger partial charge on any atom is 0.128 e. The van der Waals surface area contributed by atoms with Crippen molar-refractivity contribution >= 4 is 11.5 Å². The fourth-order valence-corrected chi connectivity index (χ4v) is 1.95. The van der Waals surface area contributed by atoms with Crippen molar-refractivity contribution in [2.24, 2.45) is 0 Å². The first-order valence-electron chi connectivity index (χ1n) is 6.09. The van der Waals surface area contributed by atoms with Crippen molar-refractivity contribution in [3.8, 4) is 0 Å². The number of pyridine rings is 1. The van der Waals surface area contributed by atoms with Crippen LogP contribution >= 0.6 is 0 Å². The van der Waals surface area contributed by atoms with E-state index in [-0.39, 0.29) is 6.04 Å². The van der Waals surface area contributed by atoms with Crippen molar-refractivity contribution in [2.45, 2.75) is 19.9 Å². The number of nitrogens with zero attached hydrogens (tertiary/aromatic N) is 2. The largest absolute Gasteiger partial charge is 0.399 e. The lowest BCUT2D eigenvalue weighted by molar-refractivity contribution is 0.729. The third-order valence-corrected chi connectivity index (χ3v) is 3.24. The molecule has 1 atom stereocenters. The molecule has 1 heterocycles. The third-order valence-electron chi connectivity index (χ3n) is 3.24. The van der Waals surface area contributed by atoms with E-state index in [1.165, 1.54) is 11.1 Å². The molecule has 94 valence electrons. The molecule has 3 nitrogen and oxygen atoms in total. The van der Waals surface area contributed by atoms with Gasteiger partial charge in [0.25, 0.3) is 0 Å². The van der Waals surface area contributed by atoms with Gasteiger partial charge in [0.05, 0.1) is 6.04 Å². The Morgan fingerprint density at radius 3 is 2.67 bits per heavy atom. The molecule has 0 radical (unpaired) electrons. The van der Waals surface area contributed by atoms with Gasteiger partial charge in [0, 0.05) is 18.9 Å². The van der Waals surface area contributed by atoms with E-state index in [2.05, 4.69) is 42.9 Å². The summed E-state index contributed by atoms with van der Waals surface area (Å²) >= 11 is 0. The molecule has 1 aromatic heterocycles. The SMILES string of the molecule is Cc1ccnc(N(C)C(C)c2cccc(N)c2)c1. The molecular formula is C15H19N3. The lowest BCUT2D eigenvalue weighted by Gasteiger charge is -2.26. The molecule has 18 heavy (non-hydrogen) atoms. The van der Waals surface area contributed by atoms with Gasteiger partial charge >= 0.3 is 0 Å². The number of aromatic nitrogens is 1. The van der Waals surface area contributed by atoms with Crippen LogP contribution in [0, 0.1) is 6.92 Å². The summed E-state index contributed by atoms with van der Waals surface area (Å²) in [5.41, 5.74) is 9.03. The van der Waals surface area contributed by atoms with E-state index in [0.29, 0.717) is 0 Å². The number of hydrogen-bond donors (Lipinski definition) is 1. The molecule has 2 aromatic rings. The van der Waals surface area contributed by atoms with Crippen LogP contribution in [0.15, 0.2) is 42.6 Å². The molecular weight excluding hydrogens is 222 g/mol. The lowest BCUT2D eigenvalue weighted by atomic mass is 10.1. The molecule has 2 N–H and O–H groups in total. The first-order chi connectivity index (χ1) is 8.58. The molecule has 0 saturated heterocycles. The molecule has 0 amide bonds. The Bertz CT molecular complexity index is 487. The van der Waals surface area contributed by atoms with Gasteiger partial charge in [0.15, 0.2) is 0 Å². The average Bonchev–Trinajstić information content (AvgIpc) is 2.37. The summed E-state index contributed by atoms with van der Waals surface area (Å²) < 4.78 is 0. The Balaban J connectivity index is 2.26. The van der Waals surface area contributed by atoms with Crippen molar-refractivity contribution in [3.05, 3.63) is 53.7 Å². The van der Waals surface area contributed by atoms with Gasteiger partial charge in [-0.25, -0.2) is 4.98 Å². The highest BCUT2D eigenvalue weighted by Gasteiger charge is 2.13. The first kappa shape index (κ1) is 12.4. The van der Waals surface area contributed by atoms with Crippen LogP contribution in [0.1, 0.15) is 24.1 Å². The quantitative estimate of drug-likeness (QED) is 0.839. The second-order valence-corrected chi connectivity index (χ2v) is 4.65. The summed E-state index contributed by atoms with van der Waals surface area (Å²) in [6.07, 6.45) is 1.84. The van der Waals surface area contributed by atoms with Gasteiger partial charge < -0.3 is 10.6 Å². The van der Waals surface area contributed by atoms with Crippen LogP contribution in [0.5, 0.6) is 0 Å². The molecule has 0 saturated carbocycles. The van der Waals surface area contributed by atoms with Gasteiger partial charge in [-0.2, -0.15) is 0 Å². The molecule has 3 heteroatoms. The van der Waals surface area contributed by atoms with Crippen LogP contribution in [0.3, 0.4) is 0 Å². The first-order valence-corrected chi connectivity index (χ1v) is 6.09. The summed E-state index contributed by atoms with van der Waals surface area (Å²) in [5, 5.41) is 0. The molecule has 0 aliphatic carbocycles. The number of aryl methyl sites for hydroxylation is 1. The molecule has 2 rings (SSSR count). The van der Waals surface area contributed by atoms with Crippen molar-refractivity contribution in [1.82, 2.24) is 4.98 Å². The van der Waals surface area contributed by atoms with Crippen LogP contribution in [-0.2, 0) is 0 Å². The van der Waals surface area contributed by atoms with Gasteiger partial charge in [0.2, 0.25) is 0 Å². The van der Waals surface area contributed by atoms with Crippen molar-refractivity contribution < 1.29 is 0 Å². The van der Waals surface area contributed by atoms with E-state index >= 15 is 0 Å². The molecule has 1 unspecified atom stereocenters. The highest BCUT2D eigenvalue weighted by atomic mass is 15.2. The van der Waals surface area contributed by atoms with Crippen LogP contribution in [0.2, 0.25) is 0 Å². The number of anilines is 2. The highest BCUT2D eigenvalue weighted by Crippen LogP contribution is 2.25. The van der Waals surface area contributed by atoms with E-state index < -0.39 is 0 Å². The van der Waals surface area contributed by atoms with E-state index in [4.69, 9.17) is 5.73 Å². The van der Waals surface area contributed by atoms with Gasteiger partial charge in [-0.1, -0.05) is 12.1 Å². The summed E-state index contributed by atoms with van der Waals surface area (Å²) in [6.45, 7) is 4.23. The number of nitrogen functional groups attached to an aromatic ring is 1. The second-order valence-electron chi connectivity index (χ2n) is 4.65. The monoisotopic (exact) mass is 241 g/mol. The van der Waals surface area contributed by atoms with Crippen LogP contribution in [0.4, 0.5) is 11.5 Å². The Morgan fingerprint density at radius 1 is 1.22 bits per heavy atom. The standard InChI is InChI=1S/C15H19N3/c1-11-7-8-17-15(9-11)18(3)12(2)13-5-4-6-14(16)10-13/h4-10,12H,16H2,1-3H3. The van der Waals surface area contributed by atoms with Crippen LogP contribution in [-0.4, -0.2) is 12.0 Å². The van der Waals surface area contributed by atoms with Crippen LogP contribution < -0.4 is 10.6 Å². The smallest absolute Gasteiger partial charge is 0.128 e. The van der Waals surface area contributed by atoms with Crippen molar-refractivity contribution in [3.63, 3.8) is 0 Å². The van der Waals surface area contributed by atoms with Gasteiger partial charge in [-0.3, -0.25) is 0 Å². The number of hydrogen-bond acceptors (Lipinski definition) is 3. The molecule has 0 fully saturated rings. The number of rotatable bonds is 3. The van der Waals surface area contributed by atoms with E-state index in [1.54, 1.807) is 0 Å². The van der Waals surface area contributed by atoms with E-state index in [1.807, 2.05) is 30.5 Å². The summed E-state index contributed by atoms with van der Waals surface area (Å²) in [5.74, 6) is 0.977.